The molecular formula is C33H34Cl2FN3O2. The number of halogens is 3. The van der Waals surface area contributed by atoms with Crippen LogP contribution >= 0.6 is 23.2 Å². The van der Waals surface area contributed by atoms with E-state index in [1.807, 2.05) is 24.3 Å². The number of hydrogen-bond acceptors (Lipinski definition) is 3. The number of amides is 2. The van der Waals surface area contributed by atoms with Crippen molar-refractivity contribution >= 4 is 40.7 Å². The molecular weight excluding hydrogens is 560 g/mol. The molecule has 8 heteroatoms. The first kappa shape index (κ1) is 28.0. The first-order valence-electron chi connectivity index (χ1n) is 14.5. The van der Waals surface area contributed by atoms with Crippen molar-refractivity contribution < 1.29 is 14.0 Å². The molecule has 3 aliphatic rings. The molecule has 0 bridgehead atoms. The predicted octanol–water partition coefficient (Wildman–Crippen LogP) is 7.29. The molecule has 1 aliphatic carbocycles. The standard InChI is InChI=1S/C33H34Cl2FN3O2/c34-23-8-3-20(4-9-23)32(21-5-10-24(35)11-6-21)22-7-14-29-27(17-22)30(19-31(40)38-29)37-25-12-13-26(28(36)18-25)33(41)39-15-1-2-16-39/h3-6,8-13,18,22,27,29-30,32,37H,1-2,7,14-17,19H2,(H,38,40). The van der Waals surface area contributed by atoms with E-state index in [9.17, 15) is 9.59 Å². The molecule has 1 saturated carbocycles. The Hall–Kier alpha value is -3.09. The van der Waals surface area contributed by atoms with E-state index in [1.54, 1.807) is 17.0 Å². The Morgan fingerprint density at radius 1 is 0.927 bits per heavy atom. The fourth-order valence-corrected chi connectivity index (χ4v) is 7.35. The van der Waals surface area contributed by atoms with Crippen molar-refractivity contribution in [1.29, 1.82) is 0 Å². The van der Waals surface area contributed by atoms with E-state index in [0.717, 1.165) is 32.1 Å². The van der Waals surface area contributed by atoms with Crippen LogP contribution in [0.5, 0.6) is 0 Å². The van der Waals surface area contributed by atoms with Gasteiger partial charge in [0.2, 0.25) is 5.91 Å². The normalized spacial score (nSPS) is 24.2. The lowest BCUT2D eigenvalue weighted by Crippen LogP contribution is -2.56. The number of rotatable bonds is 6. The number of hydrogen-bond donors (Lipinski definition) is 2. The van der Waals surface area contributed by atoms with Gasteiger partial charge in [-0.2, -0.15) is 0 Å². The largest absolute Gasteiger partial charge is 0.381 e. The van der Waals surface area contributed by atoms with Gasteiger partial charge in [0.1, 0.15) is 5.82 Å². The minimum Gasteiger partial charge on any atom is -0.381 e. The quantitative estimate of drug-likeness (QED) is 0.315. The summed E-state index contributed by atoms with van der Waals surface area (Å²) in [6.45, 7) is 1.35. The Bertz CT molecular complexity index is 1360. The van der Waals surface area contributed by atoms with Crippen LogP contribution in [0.2, 0.25) is 10.0 Å². The van der Waals surface area contributed by atoms with E-state index >= 15 is 4.39 Å². The van der Waals surface area contributed by atoms with E-state index in [0.29, 0.717) is 41.2 Å². The molecule has 3 aromatic carbocycles. The molecule has 3 fully saturated rings. The summed E-state index contributed by atoms with van der Waals surface area (Å²) in [5.74, 6) is -0.129. The van der Waals surface area contributed by atoms with Crippen LogP contribution in [-0.4, -0.2) is 41.9 Å². The average molecular weight is 595 g/mol. The SMILES string of the molecule is O=C1CC(Nc2ccc(C(=O)N3CCCC3)c(F)c2)C2CC(C(c3ccc(Cl)cc3)c3ccc(Cl)cc3)CCC2N1. The number of likely N-dealkylation sites (tertiary alicyclic amines) is 1. The van der Waals surface area contributed by atoms with Crippen LogP contribution in [-0.2, 0) is 4.79 Å². The van der Waals surface area contributed by atoms with Crippen LogP contribution in [0, 0.1) is 17.7 Å². The van der Waals surface area contributed by atoms with Crippen LogP contribution < -0.4 is 10.6 Å². The summed E-state index contributed by atoms with van der Waals surface area (Å²) in [5.41, 5.74) is 3.09. The first-order valence-corrected chi connectivity index (χ1v) is 15.3. The van der Waals surface area contributed by atoms with Gasteiger partial charge in [0.05, 0.1) is 5.56 Å². The lowest BCUT2D eigenvalue weighted by molar-refractivity contribution is -0.125. The number of piperidine rings is 1. The number of anilines is 1. The highest BCUT2D eigenvalue weighted by Gasteiger charge is 2.43. The van der Waals surface area contributed by atoms with Crippen molar-refractivity contribution in [2.75, 3.05) is 18.4 Å². The molecule has 214 valence electrons. The number of nitrogens with zero attached hydrogens (tertiary/aromatic N) is 1. The van der Waals surface area contributed by atoms with Gasteiger partial charge in [-0.05, 0) is 91.6 Å². The topological polar surface area (TPSA) is 61.4 Å². The highest BCUT2D eigenvalue weighted by atomic mass is 35.5. The van der Waals surface area contributed by atoms with Crippen molar-refractivity contribution in [2.45, 2.75) is 56.5 Å². The molecule has 0 radical (unpaired) electrons. The van der Waals surface area contributed by atoms with Gasteiger partial charge >= 0.3 is 0 Å². The number of carbonyl (C=O) groups is 2. The third-order valence-corrected chi connectivity index (χ3v) is 9.59. The minimum atomic E-state index is -0.532. The Balaban J connectivity index is 1.24. The zero-order chi connectivity index (χ0) is 28.5. The lowest BCUT2D eigenvalue weighted by Gasteiger charge is -2.46. The first-order chi connectivity index (χ1) is 19.9. The number of benzene rings is 3. The van der Waals surface area contributed by atoms with Crippen molar-refractivity contribution in [3.8, 4) is 0 Å². The summed E-state index contributed by atoms with van der Waals surface area (Å²) >= 11 is 12.5. The highest BCUT2D eigenvalue weighted by molar-refractivity contribution is 6.30. The molecule has 3 aromatic rings. The zero-order valence-corrected chi connectivity index (χ0v) is 24.3. The Morgan fingerprint density at radius 2 is 1.56 bits per heavy atom. The van der Waals surface area contributed by atoms with Gasteiger partial charge < -0.3 is 15.5 Å². The molecule has 0 spiro atoms. The molecule has 6 rings (SSSR count). The van der Waals surface area contributed by atoms with E-state index < -0.39 is 5.82 Å². The fraction of sp³-hybridized carbons (Fsp3) is 0.394. The van der Waals surface area contributed by atoms with Crippen LogP contribution in [0.1, 0.15) is 65.9 Å². The molecule has 5 nitrogen and oxygen atoms in total. The molecule has 2 heterocycles. The number of fused-ring (bicyclic) bond motifs is 1. The van der Waals surface area contributed by atoms with Crippen molar-refractivity contribution in [3.63, 3.8) is 0 Å². The summed E-state index contributed by atoms with van der Waals surface area (Å²) in [5, 5.41) is 8.10. The van der Waals surface area contributed by atoms with Gasteiger partial charge in [0.15, 0.2) is 0 Å². The predicted molar refractivity (Wildman–Crippen MR) is 161 cm³/mol. The second-order valence-electron chi connectivity index (χ2n) is 11.6. The van der Waals surface area contributed by atoms with Crippen molar-refractivity contribution in [1.82, 2.24) is 10.2 Å². The maximum atomic E-state index is 15.1. The summed E-state index contributed by atoms with van der Waals surface area (Å²) in [6, 6.07) is 20.8. The smallest absolute Gasteiger partial charge is 0.256 e. The monoisotopic (exact) mass is 593 g/mol. The summed E-state index contributed by atoms with van der Waals surface area (Å²) in [4.78, 5) is 27.2. The van der Waals surface area contributed by atoms with Gasteiger partial charge in [0.25, 0.3) is 5.91 Å². The second-order valence-corrected chi connectivity index (χ2v) is 12.5. The van der Waals surface area contributed by atoms with Crippen LogP contribution in [0.25, 0.3) is 0 Å². The Kier molecular flexibility index (Phi) is 8.23. The van der Waals surface area contributed by atoms with Crippen LogP contribution in [0.3, 0.4) is 0 Å². The van der Waals surface area contributed by atoms with Gasteiger partial charge in [-0.15, -0.1) is 0 Å². The maximum absolute atomic E-state index is 15.1. The molecule has 2 saturated heterocycles. The van der Waals surface area contributed by atoms with E-state index in [4.69, 9.17) is 23.2 Å². The van der Waals surface area contributed by atoms with Gasteiger partial charge in [0, 0.05) is 59.2 Å². The lowest BCUT2D eigenvalue weighted by atomic mass is 9.65. The summed E-state index contributed by atoms with van der Waals surface area (Å²) in [6.07, 6.45) is 4.96. The molecule has 41 heavy (non-hydrogen) atoms. The van der Waals surface area contributed by atoms with Gasteiger partial charge in [-0.1, -0.05) is 47.5 Å². The van der Waals surface area contributed by atoms with Crippen LogP contribution in [0.15, 0.2) is 66.7 Å². The van der Waals surface area contributed by atoms with E-state index in [2.05, 4.69) is 34.9 Å². The molecule has 4 unspecified atom stereocenters. The maximum Gasteiger partial charge on any atom is 0.256 e. The Morgan fingerprint density at radius 3 is 2.17 bits per heavy atom. The Labute approximate surface area is 250 Å². The third-order valence-electron chi connectivity index (χ3n) is 9.08. The highest BCUT2D eigenvalue weighted by Crippen LogP contribution is 2.45. The second kappa shape index (κ2) is 12.0. The summed E-state index contributed by atoms with van der Waals surface area (Å²) < 4.78 is 15.1. The zero-order valence-electron chi connectivity index (χ0n) is 22.8. The fourth-order valence-electron chi connectivity index (χ4n) is 7.10. The third kappa shape index (κ3) is 6.09. The molecule has 2 aliphatic heterocycles. The van der Waals surface area contributed by atoms with E-state index in [-0.39, 0.29) is 41.3 Å². The minimum absolute atomic E-state index is 0.00968. The molecule has 2 N–H and O–H groups in total. The molecule has 2 amide bonds. The van der Waals surface area contributed by atoms with Crippen LogP contribution in [0.4, 0.5) is 10.1 Å². The summed E-state index contributed by atoms with van der Waals surface area (Å²) in [7, 11) is 0. The van der Waals surface area contributed by atoms with Gasteiger partial charge in [-0.3, -0.25) is 9.59 Å². The van der Waals surface area contributed by atoms with E-state index in [1.165, 1.54) is 17.2 Å². The van der Waals surface area contributed by atoms with Crippen molar-refractivity contribution in [3.05, 3.63) is 99.3 Å². The number of nitrogens with one attached hydrogen (secondary N) is 2. The number of carbonyl (C=O) groups excluding carboxylic acids is 2. The van der Waals surface area contributed by atoms with Crippen molar-refractivity contribution in [2.24, 2.45) is 11.8 Å². The average Bonchev–Trinajstić information content (AvgIpc) is 3.50. The molecule has 4 atom stereocenters. The molecule has 0 aromatic heterocycles. The van der Waals surface area contributed by atoms with Gasteiger partial charge in [-0.25, -0.2) is 4.39 Å².